The van der Waals surface area contributed by atoms with E-state index in [1.165, 1.54) is 12.1 Å². The van der Waals surface area contributed by atoms with Crippen molar-refractivity contribution in [2.75, 3.05) is 11.9 Å². The van der Waals surface area contributed by atoms with E-state index >= 15 is 0 Å². The topological polar surface area (TPSA) is 105 Å². The fourth-order valence-corrected chi connectivity index (χ4v) is 2.15. The molecule has 0 saturated carbocycles. The fourth-order valence-electron chi connectivity index (χ4n) is 2.15. The minimum atomic E-state index is -1.07. The Labute approximate surface area is 127 Å². The number of hydrogen-bond donors (Lipinski definition) is 3. The van der Waals surface area contributed by atoms with Crippen molar-refractivity contribution in [3.63, 3.8) is 0 Å². The van der Waals surface area contributed by atoms with Crippen molar-refractivity contribution >= 4 is 23.5 Å². The number of amides is 2. The van der Waals surface area contributed by atoms with Crippen LogP contribution in [-0.4, -0.2) is 35.5 Å². The first-order valence-electron chi connectivity index (χ1n) is 6.97. The van der Waals surface area contributed by atoms with Gasteiger partial charge in [-0.1, -0.05) is 13.8 Å². The summed E-state index contributed by atoms with van der Waals surface area (Å²) in [6.07, 6.45) is 0.346. The number of rotatable bonds is 5. The minimum absolute atomic E-state index is 0.108. The Kier molecular flexibility index (Phi) is 4.65. The van der Waals surface area contributed by atoms with Crippen LogP contribution in [0.4, 0.5) is 5.69 Å². The van der Waals surface area contributed by atoms with Gasteiger partial charge in [-0.05, 0) is 30.5 Å². The Morgan fingerprint density at radius 1 is 1.41 bits per heavy atom. The molecule has 2 rings (SSSR count). The molecule has 0 saturated heterocycles. The molecule has 7 nitrogen and oxygen atoms in total. The molecule has 1 aromatic carbocycles. The molecular weight excluding hydrogens is 288 g/mol. The van der Waals surface area contributed by atoms with Crippen LogP contribution in [0, 0.1) is 5.92 Å². The smallest absolute Gasteiger partial charge is 0.326 e. The third-order valence-electron chi connectivity index (χ3n) is 3.19. The first-order valence-corrected chi connectivity index (χ1v) is 6.97. The van der Waals surface area contributed by atoms with Crippen LogP contribution >= 0.6 is 0 Å². The Hall–Kier alpha value is -2.57. The molecule has 118 valence electrons. The molecule has 0 unspecified atom stereocenters. The standard InChI is InChI=1S/C15H18N2O5/c1-8(2)5-11(15(20)21)17-14(19)9-3-4-10-12(6-9)22-7-13(18)16-10/h3-4,6,8,11H,5,7H2,1-2H3,(H,16,18)(H,17,19)(H,20,21)/t11-/m1/s1. The van der Waals surface area contributed by atoms with Gasteiger partial charge in [-0.25, -0.2) is 4.79 Å². The van der Waals surface area contributed by atoms with Gasteiger partial charge < -0.3 is 20.5 Å². The molecule has 22 heavy (non-hydrogen) atoms. The van der Waals surface area contributed by atoms with Gasteiger partial charge in [-0.3, -0.25) is 9.59 Å². The van der Waals surface area contributed by atoms with Crippen LogP contribution in [-0.2, 0) is 9.59 Å². The van der Waals surface area contributed by atoms with Crippen LogP contribution in [0.2, 0.25) is 0 Å². The van der Waals surface area contributed by atoms with E-state index in [4.69, 9.17) is 9.84 Å². The molecule has 0 radical (unpaired) electrons. The van der Waals surface area contributed by atoms with Crippen molar-refractivity contribution < 1.29 is 24.2 Å². The van der Waals surface area contributed by atoms with Gasteiger partial charge in [0.1, 0.15) is 11.8 Å². The Balaban J connectivity index is 2.12. The number of hydrogen-bond acceptors (Lipinski definition) is 4. The lowest BCUT2D eigenvalue weighted by Gasteiger charge is -2.19. The zero-order chi connectivity index (χ0) is 16.3. The number of nitrogens with one attached hydrogen (secondary N) is 2. The summed E-state index contributed by atoms with van der Waals surface area (Å²) in [5.41, 5.74) is 0.773. The third kappa shape index (κ3) is 3.75. The van der Waals surface area contributed by atoms with E-state index < -0.39 is 17.9 Å². The number of benzene rings is 1. The van der Waals surface area contributed by atoms with E-state index in [-0.39, 0.29) is 24.0 Å². The fraction of sp³-hybridized carbons (Fsp3) is 0.400. The van der Waals surface area contributed by atoms with Crippen LogP contribution in [0.25, 0.3) is 0 Å². The highest BCUT2D eigenvalue weighted by Crippen LogP contribution is 2.28. The van der Waals surface area contributed by atoms with Crippen molar-refractivity contribution in [2.45, 2.75) is 26.3 Å². The van der Waals surface area contributed by atoms with Gasteiger partial charge in [0.05, 0.1) is 5.69 Å². The van der Waals surface area contributed by atoms with Crippen molar-refractivity contribution in [2.24, 2.45) is 5.92 Å². The van der Waals surface area contributed by atoms with Crippen LogP contribution in [0.3, 0.4) is 0 Å². The minimum Gasteiger partial charge on any atom is -0.482 e. The number of carbonyl (C=O) groups excluding carboxylic acids is 2. The molecule has 0 bridgehead atoms. The van der Waals surface area contributed by atoms with Gasteiger partial charge in [0.2, 0.25) is 0 Å². The summed E-state index contributed by atoms with van der Waals surface area (Å²) in [6.45, 7) is 3.66. The first-order chi connectivity index (χ1) is 10.4. The number of fused-ring (bicyclic) bond motifs is 1. The molecule has 7 heteroatoms. The maximum atomic E-state index is 12.2. The van der Waals surface area contributed by atoms with Crippen molar-refractivity contribution in [1.29, 1.82) is 0 Å². The van der Waals surface area contributed by atoms with Crippen molar-refractivity contribution in [1.82, 2.24) is 5.32 Å². The SMILES string of the molecule is CC(C)C[C@@H](NC(=O)c1ccc2c(c1)OCC(=O)N2)C(=O)O. The zero-order valence-corrected chi connectivity index (χ0v) is 12.4. The van der Waals surface area contributed by atoms with Crippen molar-refractivity contribution in [3.05, 3.63) is 23.8 Å². The number of ether oxygens (including phenoxy) is 1. The predicted molar refractivity (Wildman–Crippen MR) is 78.9 cm³/mol. The number of carbonyl (C=O) groups is 3. The largest absolute Gasteiger partial charge is 0.482 e. The summed E-state index contributed by atoms with van der Waals surface area (Å²) in [4.78, 5) is 34.5. The third-order valence-corrected chi connectivity index (χ3v) is 3.19. The molecule has 0 spiro atoms. The maximum Gasteiger partial charge on any atom is 0.326 e. The molecule has 1 aromatic rings. The lowest BCUT2D eigenvalue weighted by molar-refractivity contribution is -0.139. The molecule has 1 aliphatic heterocycles. The predicted octanol–water partition coefficient (Wildman–Crippen LogP) is 1.25. The average Bonchev–Trinajstić information content (AvgIpc) is 2.45. The molecule has 0 aliphatic carbocycles. The molecule has 0 fully saturated rings. The molecule has 1 heterocycles. The second-order valence-corrected chi connectivity index (χ2v) is 5.54. The molecule has 3 N–H and O–H groups in total. The van der Waals surface area contributed by atoms with E-state index in [1.807, 2.05) is 13.8 Å². The van der Waals surface area contributed by atoms with E-state index in [0.29, 0.717) is 17.9 Å². The van der Waals surface area contributed by atoms with E-state index in [0.717, 1.165) is 0 Å². The Morgan fingerprint density at radius 3 is 2.77 bits per heavy atom. The van der Waals surface area contributed by atoms with E-state index in [1.54, 1.807) is 6.07 Å². The molecule has 2 amide bonds. The summed E-state index contributed by atoms with van der Waals surface area (Å²) in [6, 6.07) is 3.61. The average molecular weight is 306 g/mol. The zero-order valence-electron chi connectivity index (χ0n) is 12.4. The van der Waals surface area contributed by atoms with Gasteiger partial charge in [0.25, 0.3) is 11.8 Å². The van der Waals surface area contributed by atoms with Crippen LogP contribution in [0.5, 0.6) is 5.75 Å². The van der Waals surface area contributed by atoms with Crippen molar-refractivity contribution in [3.8, 4) is 5.75 Å². The second kappa shape index (κ2) is 6.46. The van der Waals surface area contributed by atoms with E-state index in [2.05, 4.69) is 10.6 Å². The monoisotopic (exact) mass is 306 g/mol. The van der Waals surface area contributed by atoms with Gasteiger partial charge in [0, 0.05) is 5.56 Å². The number of carboxylic acids is 1. The van der Waals surface area contributed by atoms with Gasteiger partial charge >= 0.3 is 5.97 Å². The molecule has 1 aliphatic rings. The van der Waals surface area contributed by atoms with Gasteiger partial charge in [0.15, 0.2) is 6.61 Å². The highest BCUT2D eigenvalue weighted by atomic mass is 16.5. The lowest BCUT2D eigenvalue weighted by Crippen LogP contribution is -2.41. The van der Waals surface area contributed by atoms with Crippen LogP contribution in [0.15, 0.2) is 18.2 Å². The summed E-state index contributed by atoms with van der Waals surface area (Å²) >= 11 is 0. The molecule has 0 aromatic heterocycles. The van der Waals surface area contributed by atoms with Crippen LogP contribution < -0.4 is 15.4 Å². The number of anilines is 1. The molecule has 1 atom stereocenters. The Bertz CT molecular complexity index is 612. The second-order valence-electron chi connectivity index (χ2n) is 5.54. The summed E-state index contributed by atoms with van der Waals surface area (Å²) in [7, 11) is 0. The Morgan fingerprint density at radius 2 is 2.14 bits per heavy atom. The maximum absolute atomic E-state index is 12.2. The van der Waals surface area contributed by atoms with Gasteiger partial charge in [-0.15, -0.1) is 0 Å². The van der Waals surface area contributed by atoms with Gasteiger partial charge in [-0.2, -0.15) is 0 Å². The highest BCUT2D eigenvalue weighted by Gasteiger charge is 2.23. The highest BCUT2D eigenvalue weighted by molar-refractivity contribution is 6.00. The summed E-state index contributed by atoms with van der Waals surface area (Å²) in [5, 5.41) is 14.3. The lowest BCUT2D eigenvalue weighted by atomic mass is 10.0. The molecular formula is C15H18N2O5. The summed E-state index contributed by atoms with van der Waals surface area (Å²) in [5.74, 6) is -1.28. The van der Waals surface area contributed by atoms with Crippen LogP contribution in [0.1, 0.15) is 30.6 Å². The first kappa shape index (κ1) is 15.8. The normalized spacial score (nSPS) is 14.6. The summed E-state index contributed by atoms with van der Waals surface area (Å²) < 4.78 is 5.24. The number of aliphatic carboxylic acids is 1. The number of carboxylic acid groups (broad SMARTS) is 1. The van der Waals surface area contributed by atoms with E-state index in [9.17, 15) is 14.4 Å². The quantitative estimate of drug-likeness (QED) is 0.759.